The minimum atomic E-state index is -0.152. The van der Waals surface area contributed by atoms with Crippen molar-refractivity contribution in [1.82, 2.24) is 10.2 Å². The molecular weight excluding hydrogens is 330 g/mol. The van der Waals surface area contributed by atoms with Crippen molar-refractivity contribution >= 4 is 33.7 Å². The molecule has 7 heteroatoms. The lowest BCUT2D eigenvalue weighted by atomic mass is 10.1. The summed E-state index contributed by atoms with van der Waals surface area (Å²) in [6, 6.07) is 9.79. The predicted molar refractivity (Wildman–Crippen MR) is 91.3 cm³/mol. The lowest BCUT2D eigenvalue weighted by Crippen LogP contribution is -2.09. The highest BCUT2D eigenvalue weighted by molar-refractivity contribution is 7.18. The molecule has 0 fully saturated rings. The number of aromatic nitrogens is 2. The number of rotatable bonds is 3. The minimum Gasteiger partial charge on any atom is -0.488 e. The van der Waals surface area contributed by atoms with Gasteiger partial charge in [0.05, 0.1) is 4.88 Å². The van der Waals surface area contributed by atoms with E-state index in [1.807, 2.05) is 37.3 Å². The second kappa shape index (κ2) is 5.75. The second-order valence-electron chi connectivity index (χ2n) is 5.06. The van der Waals surface area contributed by atoms with Crippen LogP contribution in [0.25, 0.3) is 10.4 Å². The van der Waals surface area contributed by atoms with E-state index in [-0.39, 0.29) is 5.91 Å². The number of amides is 1. The van der Waals surface area contributed by atoms with Gasteiger partial charge in [-0.05, 0) is 24.6 Å². The van der Waals surface area contributed by atoms with Crippen LogP contribution in [0.3, 0.4) is 0 Å². The van der Waals surface area contributed by atoms with Crippen molar-refractivity contribution in [1.29, 1.82) is 0 Å². The maximum atomic E-state index is 12.4. The number of aryl methyl sites for hydroxylation is 1. The first-order chi connectivity index (χ1) is 11.2. The zero-order valence-corrected chi connectivity index (χ0v) is 14.0. The van der Waals surface area contributed by atoms with Crippen molar-refractivity contribution in [3.63, 3.8) is 0 Å². The van der Waals surface area contributed by atoms with Crippen LogP contribution < -0.4 is 10.1 Å². The Morgan fingerprint density at radius 1 is 1.30 bits per heavy atom. The second-order valence-corrected chi connectivity index (χ2v) is 7.17. The summed E-state index contributed by atoms with van der Waals surface area (Å²) in [6.07, 6.45) is 0.814. The summed E-state index contributed by atoms with van der Waals surface area (Å²) < 4.78 is 5.73. The van der Waals surface area contributed by atoms with Gasteiger partial charge in [-0.2, -0.15) is 0 Å². The molecule has 3 heterocycles. The monoisotopic (exact) mass is 343 g/mol. The number of ether oxygens (including phenoxy) is 1. The number of benzene rings is 1. The fourth-order valence-corrected chi connectivity index (χ4v) is 4.18. The van der Waals surface area contributed by atoms with Crippen molar-refractivity contribution < 1.29 is 9.53 Å². The number of carbonyl (C=O) groups excluding carboxylic acids is 1. The number of nitrogens with zero attached hydrogens (tertiary/aromatic N) is 2. The molecule has 5 nitrogen and oxygen atoms in total. The van der Waals surface area contributed by atoms with Gasteiger partial charge in [0, 0.05) is 16.0 Å². The van der Waals surface area contributed by atoms with E-state index in [0.717, 1.165) is 33.2 Å². The highest BCUT2D eigenvalue weighted by atomic mass is 32.1. The Bertz CT molecular complexity index is 885. The number of hydrogen-bond donors (Lipinski definition) is 1. The van der Waals surface area contributed by atoms with Crippen LogP contribution in [0.15, 0.2) is 30.3 Å². The van der Waals surface area contributed by atoms with Crippen LogP contribution in [-0.2, 0) is 13.0 Å². The Morgan fingerprint density at radius 3 is 3.00 bits per heavy atom. The number of carbonyl (C=O) groups is 1. The summed E-state index contributed by atoms with van der Waals surface area (Å²) in [5, 5.41) is 12.3. The summed E-state index contributed by atoms with van der Waals surface area (Å²) in [5.41, 5.74) is 2.09. The Labute approximate surface area is 141 Å². The maximum absolute atomic E-state index is 12.4. The Morgan fingerprint density at radius 2 is 2.17 bits per heavy atom. The normalized spacial score (nSPS) is 12.2. The highest BCUT2D eigenvalue weighted by Gasteiger charge is 2.22. The molecule has 1 N–H and O–H groups in total. The van der Waals surface area contributed by atoms with E-state index in [2.05, 4.69) is 15.5 Å². The first kappa shape index (κ1) is 14.3. The van der Waals surface area contributed by atoms with Crippen molar-refractivity contribution in [3.05, 3.63) is 45.8 Å². The van der Waals surface area contributed by atoms with Gasteiger partial charge in [-0.3, -0.25) is 10.1 Å². The molecule has 0 radical (unpaired) electrons. The molecule has 0 aliphatic carbocycles. The van der Waals surface area contributed by atoms with Crippen molar-refractivity contribution in [2.45, 2.75) is 20.0 Å². The van der Waals surface area contributed by atoms with Gasteiger partial charge in [-0.15, -0.1) is 21.5 Å². The van der Waals surface area contributed by atoms with Gasteiger partial charge in [-0.1, -0.05) is 30.4 Å². The largest absolute Gasteiger partial charge is 0.488 e. The van der Waals surface area contributed by atoms with Crippen LogP contribution in [0.1, 0.15) is 27.2 Å². The van der Waals surface area contributed by atoms with Crippen LogP contribution in [-0.4, -0.2) is 16.1 Å². The Kier molecular flexibility index (Phi) is 3.59. The van der Waals surface area contributed by atoms with Crippen LogP contribution in [0.2, 0.25) is 0 Å². The number of hydrogen-bond acceptors (Lipinski definition) is 6. The first-order valence-electron chi connectivity index (χ1n) is 7.23. The van der Waals surface area contributed by atoms with E-state index >= 15 is 0 Å². The average Bonchev–Trinajstić information content (AvgIpc) is 3.21. The zero-order chi connectivity index (χ0) is 15.8. The van der Waals surface area contributed by atoms with Gasteiger partial charge in [0.2, 0.25) is 5.13 Å². The third kappa shape index (κ3) is 2.62. The molecule has 1 aliphatic heterocycles. The van der Waals surface area contributed by atoms with Crippen LogP contribution >= 0.6 is 22.7 Å². The Hall–Kier alpha value is -2.25. The molecule has 2 aromatic heterocycles. The maximum Gasteiger partial charge on any atom is 0.267 e. The molecule has 4 rings (SSSR count). The van der Waals surface area contributed by atoms with Gasteiger partial charge in [0.1, 0.15) is 17.4 Å². The minimum absolute atomic E-state index is 0.152. The predicted octanol–water partition coefficient (Wildman–Crippen LogP) is 3.97. The highest BCUT2D eigenvalue weighted by Crippen LogP contribution is 2.42. The lowest BCUT2D eigenvalue weighted by Gasteiger charge is -2.16. The molecule has 3 aromatic rings. The zero-order valence-electron chi connectivity index (χ0n) is 12.3. The first-order valence-corrected chi connectivity index (χ1v) is 8.86. The SMILES string of the molecule is CCc1nnc(NC(=O)c2cc3c(s2)-c2ccccc2OC3)s1. The third-order valence-corrected chi connectivity index (χ3v) is 5.73. The molecule has 1 aliphatic rings. The summed E-state index contributed by atoms with van der Waals surface area (Å²) in [6.45, 7) is 2.51. The van der Waals surface area contributed by atoms with Gasteiger partial charge in [0.25, 0.3) is 5.91 Å². The lowest BCUT2D eigenvalue weighted by molar-refractivity contribution is 0.103. The van der Waals surface area contributed by atoms with E-state index in [1.165, 1.54) is 22.7 Å². The van der Waals surface area contributed by atoms with Gasteiger partial charge in [-0.25, -0.2) is 0 Å². The fourth-order valence-electron chi connectivity index (χ4n) is 2.42. The molecule has 0 unspecified atom stereocenters. The van der Waals surface area contributed by atoms with Crippen molar-refractivity contribution in [2.24, 2.45) is 0 Å². The summed E-state index contributed by atoms with van der Waals surface area (Å²) in [4.78, 5) is 14.2. The molecule has 0 saturated carbocycles. The van der Waals surface area contributed by atoms with E-state index in [9.17, 15) is 4.79 Å². The number of thiophene rings is 1. The van der Waals surface area contributed by atoms with Crippen molar-refractivity contribution in [2.75, 3.05) is 5.32 Å². The molecule has 0 atom stereocenters. The average molecular weight is 343 g/mol. The summed E-state index contributed by atoms with van der Waals surface area (Å²) in [5.74, 6) is 0.714. The van der Waals surface area contributed by atoms with Crippen LogP contribution in [0, 0.1) is 0 Å². The molecule has 0 saturated heterocycles. The van der Waals surface area contributed by atoms with Gasteiger partial charge < -0.3 is 4.74 Å². The number of para-hydroxylation sites is 1. The van der Waals surface area contributed by atoms with Crippen LogP contribution in [0.5, 0.6) is 5.75 Å². The number of anilines is 1. The molecule has 0 spiro atoms. The van der Waals surface area contributed by atoms with Crippen molar-refractivity contribution in [3.8, 4) is 16.2 Å². The summed E-state index contributed by atoms with van der Waals surface area (Å²) >= 11 is 2.89. The third-order valence-electron chi connectivity index (χ3n) is 3.54. The number of fused-ring (bicyclic) bond motifs is 3. The molecule has 1 aromatic carbocycles. The molecule has 23 heavy (non-hydrogen) atoms. The number of nitrogens with one attached hydrogen (secondary N) is 1. The quantitative estimate of drug-likeness (QED) is 0.781. The Balaban J connectivity index is 1.62. The topological polar surface area (TPSA) is 64.1 Å². The van der Waals surface area contributed by atoms with E-state index < -0.39 is 0 Å². The molecular formula is C16H13N3O2S2. The standard InChI is InChI=1S/C16H13N3O2S2/c1-2-13-18-19-16(23-13)17-15(20)12-7-9-8-21-11-6-4-3-5-10(11)14(9)22-12/h3-7H,2,8H2,1H3,(H,17,19,20). The smallest absolute Gasteiger partial charge is 0.267 e. The van der Waals surface area contributed by atoms with Gasteiger partial charge in [0.15, 0.2) is 0 Å². The van der Waals surface area contributed by atoms with E-state index in [4.69, 9.17) is 4.74 Å². The fraction of sp³-hybridized carbons (Fsp3) is 0.188. The molecule has 1 amide bonds. The van der Waals surface area contributed by atoms with E-state index in [1.54, 1.807) is 0 Å². The van der Waals surface area contributed by atoms with Crippen LogP contribution in [0.4, 0.5) is 5.13 Å². The van der Waals surface area contributed by atoms with Gasteiger partial charge >= 0.3 is 0 Å². The molecule has 116 valence electrons. The van der Waals surface area contributed by atoms with E-state index in [0.29, 0.717) is 16.6 Å². The molecule has 0 bridgehead atoms. The summed E-state index contributed by atoms with van der Waals surface area (Å²) in [7, 11) is 0.